The number of hydrogen-bond donors (Lipinski definition) is 2. The third kappa shape index (κ3) is 3.82. The summed E-state index contributed by atoms with van der Waals surface area (Å²) in [6, 6.07) is 2.98. The van der Waals surface area contributed by atoms with Gasteiger partial charge in [-0.2, -0.15) is 11.8 Å². The monoisotopic (exact) mass is 264 g/mol. The maximum atomic E-state index is 11.7. The van der Waals surface area contributed by atoms with Crippen LogP contribution in [0.1, 0.15) is 12.2 Å². The van der Waals surface area contributed by atoms with Crippen molar-refractivity contribution in [3.05, 3.63) is 17.9 Å². The molecule has 1 rings (SSSR count). The Morgan fingerprint density at radius 1 is 1.50 bits per heavy atom. The van der Waals surface area contributed by atoms with E-state index in [4.69, 9.17) is 10.2 Å². The summed E-state index contributed by atoms with van der Waals surface area (Å²) in [5, 5.41) is -0.0721. The van der Waals surface area contributed by atoms with Crippen molar-refractivity contribution < 1.29 is 12.8 Å². The van der Waals surface area contributed by atoms with Crippen LogP contribution in [0.15, 0.2) is 21.6 Å². The van der Waals surface area contributed by atoms with E-state index in [1.807, 2.05) is 6.26 Å². The molecule has 7 heteroatoms. The van der Waals surface area contributed by atoms with Crippen LogP contribution in [-0.4, -0.2) is 27.0 Å². The average molecular weight is 264 g/mol. The third-order valence-electron chi connectivity index (χ3n) is 1.92. The molecule has 1 aromatic rings. The van der Waals surface area contributed by atoms with Gasteiger partial charge in [0.1, 0.15) is 5.76 Å². The Labute approximate surface area is 99.8 Å². The summed E-state index contributed by atoms with van der Waals surface area (Å²) < 4.78 is 30.9. The smallest absolute Gasteiger partial charge is 0.273 e. The molecule has 0 bridgehead atoms. The second kappa shape index (κ2) is 6.29. The maximum Gasteiger partial charge on any atom is 0.273 e. The summed E-state index contributed by atoms with van der Waals surface area (Å²) in [5.41, 5.74) is 5.33. The lowest BCUT2D eigenvalue weighted by atomic mass is 10.5. The first-order valence-electron chi connectivity index (χ1n) is 4.87. The molecule has 0 amide bonds. The zero-order chi connectivity index (χ0) is 12.0. The van der Waals surface area contributed by atoms with Crippen LogP contribution in [-0.2, 0) is 16.6 Å². The standard InChI is InChI=1S/C9H16N2O3S2/c1-15-6-2-5-11-16(12,13)9-4-3-8(7-10)14-9/h3-4,11H,2,5-7,10H2,1H3. The summed E-state index contributed by atoms with van der Waals surface area (Å²) in [5.74, 6) is 1.39. The summed E-state index contributed by atoms with van der Waals surface area (Å²) in [7, 11) is -3.51. The highest BCUT2D eigenvalue weighted by Crippen LogP contribution is 2.13. The lowest BCUT2D eigenvalue weighted by Crippen LogP contribution is -2.24. The highest BCUT2D eigenvalue weighted by atomic mass is 32.2. The van der Waals surface area contributed by atoms with Crippen LogP contribution in [0.2, 0.25) is 0 Å². The summed E-state index contributed by atoms with van der Waals surface area (Å²) in [4.78, 5) is 0. The molecule has 0 radical (unpaired) electrons. The zero-order valence-corrected chi connectivity index (χ0v) is 10.7. The Kier molecular flexibility index (Phi) is 5.33. The zero-order valence-electron chi connectivity index (χ0n) is 9.10. The molecule has 1 aromatic heterocycles. The van der Waals surface area contributed by atoms with Gasteiger partial charge < -0.3 is 10.2 Å². The highest BCUT2D eigenvalue weighted by Gasteiger charge is 2.17. The Morgan fingerprint density at radius 3 is 2.81 bits per heavy atom. The average Bonchev–Trinajstić information content (AvgIpc) is 2.73. The molecule has 92 valence electrons. The Bertz CT molecular complexity index is 414. The summed E-state index contributed by atoms with van der Waals surface area (Å²) in [6.45, 7) is 0.615. The molecule has 0 saturated carbocycles. The van der Waals surface area contributed by atoms with E-state index in [1.165, 1.54) is 6.07 Å². The molecule has 1 heterocycles. The van der Waals surface area contributed by atoms with Crippen molar-refractivity contribution in [2.24, 2.45) is 5.73 Å². The van der Waals surface area contributed by atoms with E-state index in [2.05, 4.69) is 4.72 Å². The Balaban J connectivity index is 2.56. The summed E-state index contributed by atoms with van der Waals surface area (Å²) in [6.07, 6.45) is 2.78. The van der Waals surface area contributed by atoms with E-state index in [1.54, 1.807) is 17.8 Å². The number of nitrogens with two attached hydrogens (primary N) is 1. The number of furan rings is 1. The van der Waals surface area contributed by atoms with Crippen molar-refractivity contribution in [3.8, 4) is 0 Å². The first-order valence-corrected chi connectivity index (χ1v) is 7.75. The molecule has 0 spiro atoms. The van der Waals surface area contributed by atoms with E-state index < -0.39 is 10.0 Å². The van der Waals surface area contributed by atoms with Crippen molar-refractivity contribution in [1.29, 1.82) is 0 Å². The molecule has 0 aliphatic carbocycles. The highest BCUT2D eigenvalue weighted by molar-refractivity contribution is 7.98. The predicted octanol–water partition coefficient (Wildman–Crippen LogP) is 0.770. The van der Waals surface area contributed by atoms with E-state index in [-0.39, 0.29) is 11.6 Å². The minimum absolute atomic E-state index is 0.0721. The van der Waals surface area contributed by atoms with E-state index in [0.717, 1.165) is 12.2 Å². The first kappa shape index (κ1) is 13.6. The molecule has 0 atom stereocenters. The number of nitrogens with one attached hydrogen (secondary N) is 1. The largest absolute Gasteiger partial charge is 0.447 e. The van der Waals surface area contributed by atoms with E-state index in [9.17, 15) is 8.42 Å². The SMILES string of the molecule is CSCCCNS(=O)(=O)c1ccc(CN)o1. The molecule has 0 fully saturated rings. The molecule has 3 N–H and O–H groups in total. The van der Waals surface area contributed by atoms with Gasteiger partial charge in [-0.3, -0.25) is 0 Å². The second-order valence-electron chi connectivity index (χ2n) is 3.17. The molecule has 16 heavy (non-hydrogen) atoms. The number of hydrogen-bond acceptors (Lipinski definition) is 5. The van der Waals surface area contributed by atoms with Gasteiger partial charge in [0.2, 0.25) is 5.09 Å². The quantitative estimate of drug-likeness (QED) is 0.710. The molecule has 0 aliphatic heterocycles. The van der Waals surface area contributed by atoms with Crippen LogP contribution in [0.5, 0.6) is 0 Å². The molecule has 0 unspecified atom stereocenters. The third-order valence-corrected chi connectivity index (χ3v) is 3.95. The molecule has 0 saturated heterocycles. The molecular weight excluding hydrogens is 248 g/mol. The van der Waals surface area contributed by atoms with Crippen LogP contribution in [0.3, 0.4) is 0 Å². The van der Waals surface area contributed by atoms with Gasteiger partial charge in [-0.05, 0) is 30.6 Å². The fraction of sp³-hybridized carbons (Fsp3) is 0.556. The normalized spacial score (nSPS) is 11.9. The van der Waals surface area contributed by atoms with Crippen LogP contribution >= 0.6 is 11.8 Å². The van der Waals surface area contributed by atoms with Crippen LogP contribution in [0.25, 0.3) is 0 Å². The van der Waals surface area contributed by atoms with Crippen LogP contribution < -0.4 is 10.5 Å². The number of thioether (sulfide) groups is 1. The minimum Gasteiger partial charge on any atom is -0.447 e. The van der Waals surface area contributed by atoms with Crippen LogP contribution in [0.4, 0.5) is 0 Å². The lowest BCUT2D eigenvalue weighted by molar-refractivity contribution is 0.413. The van der Waals surface area contributed by atoms with Gasteiger partial charge >= 0.3 is 0 Å². The molecule has 5 nitrogen and oxygen atoms in total. The van der Waals surface area contributed by atoms with Crippen molar-refractivity contribution in [2.75, 3.05) is 18.6 Å². The van der Waals surface area contributed by atoms with Gasteiger partial charge in [-0.1, -0.05) is 0 Å². The Hall–Kier alpha value is -0.500. The van der Waals surface area contributed by atoms with Gasteiger partial charge in [0.25, 0.3) is 10.0 Å². The van der Waals surface area contributed by atoms with Gasteiger partial charge in [0.15, 0.2) is 0 Å². The van der Waals surface area contributed by atoms with E-state index >= 15 is 0 Å². The number of sulfonamides is 1. The maximum absolute atomic E-state index is 11.7. The lowest BCUT2D eigenvalue weighted by Gasteiger charge is -2.03. The first-order chi connectivity index (χ1) is 7.60. The fourth-order valence-corrected chi connectivity index (χ4v) is 2.56. The number of rotatable bonds is 7. The predicted molar refractivity (Wildman–Crippen MR) is 64.8 cm³/mol. The van der Waals surface area contributed by atoms with Crippen molar-refractivity contribution >= 4 is 21.8 Å². The van der Waals surface area contributed by atoms with Crippen LogP contribution in [0, 0.1) is 0 Å². The van der Waals surface area contributed by atoms with Gasteiger partial charge in [0.05, 0.1) is 6.54 Å². The summed E-state index contributed by atoms with van der Waals surface area (Å²) >= 11 is 1.68. The Morgan fingerprint density at radius 2 is 2.25 bits per heavy atom. The molecule has 0 aromatic carbocycles. The van der Waals surface area contributed by atoms with Crippen molar-refractivity contribution in [1.82, 2.24) is 4.72 Å². The molecular formula is C9H16N2O3S2. The second-order valence-corrected chi connectivity index (χ2v) is 5.85. The van der Waals surface area contributed by atoms with Crippen molar-refractivity contribution in [2.45, 2.75) is 18.1 Å². The van der Waals surface area contributed by atoms with Crippen molar-refractivity contribution in [3.63, 3.8) is 0 Å². The van der Waals surface area contributed by atoms with E-state index in [0.29, 0.717) is 12.3 Å². The molecule has 0 aliphatic rings. The van der Waals surface area contributed by atoms with Gasteiger partial charge in [-0.25, -0.2) is 13.1 Å². The minimum atomic E-state index is -3.51. The fourth-order valence-electron chi connectivity index (χ4n) is 1.11. The van der Waals surface area contributed by atoms with Gasteiger partial charge in [0, 0.05) is 6.54 Å². The van der Waals surface area contributed by atoms with Gasteiger partial charge in [-0.15, -0.1) is 0 Å². The topological polar surface area (TPSA) is 85.3 Å².